The molecule has 98 valence electrons. The molecule has 2 N–H and O–H groups in total. The molecule has 0 radical (unpaired) electrons. The Morgan fingerprint density at radius 2 is 2.29 bits per heavy atom. The first-order chi connectivity index (χ1) is 7.99. The van der Waals surface area contributed by atoms with Crippen LogP contribution in [0.1, 0.15) is 18.2 Å². The van der Waals surface area contributed by atoms with Gasteiger partial charge in [-0.05, 0) is 31.4 Å². The predicted octanol–water partition coefficient (Wildman–Crippen LogP) is 1.66. The highest BCUT2D eigenvalue weighted by molar-refractivity contribution is 7.98. The van der Waals surface area contributed by atoms with E-state index in [1.165, 1.54) is 17.4 Å². The third kappa shape index (κ3) is 4.59. The summed E-state index contributed by atoms with van der Waals surface area (Å²) in [6, 6.07) is 1.43. The summed E-state index contributed by atoms with van der Waals surface area (Å²) in [5.41, 5.74) is 0. The molecule has 0 fully saturated rings. The second kappa shape index (κ2) is 6.75. The molecule has 1 aromatic rings. The van der Waals surface area contributed by atoms with Crippen molar-refractivity contribution in [3.8, 4) is 0 Å². The van der Waals surface area contributed by atoms with Crippen molar-refractivity contribution >= 4 is 33.1 Å². The molecule has 0 amide bonds. The van der Waals surface area contributed by atoms with Crippen molar-refractivity contribution in [3.63, 3.8) is 0 Å². The van der Waals surface area contributed by atoms with Crippen molar-refractivity contribution in [2.45, 2.75) is 30.9 Å². The lowest BCUT2D eigenvalue weighted by atomic mass is 10.3. The zero-order valence-electron chi connectivity index (χ0n) is 9.84. The van der Waals surface area contributed by atoms with E-state index in [4.69, 9.17) is 5.11 Å². The van der Waals surface area contributed by atoms with E-state index < -0.39 is 10.0 Å². The number of thioether (sulfide) groups is 1. The summed E-state index contributed by atoms with van der Waals surface area (Å²) in [5, 5.41) is 10.5. The Morgan fingerprint density at radius 1 is 1.59 bits per heavy atom. The molecule has 4 nitrogen and oxygen atoms in total. The van der Waals surface area contributed by atoms with Gasteiger partial charge in [-0.25, -0.2) is 13.1 Å². The van der Waals surface area contributed by atoms with Gasteiger partial charge in [0.05, 0.1) is 11.5 Å². The summed E-state index contributed by atoms with van der Waals surface area (Å²) in [5.74, 6) is 0.926. The Hall–Kier alpha value is -0.0800. The van der Waals surface area contributed by atoms with Gasteiger partial charge in [-0.3, -0.25) is 0 Å². The van der Waals surface area contributed by atoms with Gasteiger partial charge in [0, 0.05) is 16.3 Å². The van der Waals surface area contributed by atoms with Crippen LogP contribution in [-0.2, 0) is 16.6 Å². The minimum atomic E-state index is -3.44. The SMILES string of the molecule is CSCCC(C)NS(=O)(=O)c1csc(CO)c1. The van der Waals surface area contributed by atoms with Crippen molar-refractivity contribution in [1.29, 1.82) is 0 Å². The van der Waals surface area contributed by atoms with Crippen LogP contribution in [0, 0.1) is 0 Å². The monoisotopic (exact) mass is 295 g/mol. The number of nitrogens with one attached hydrogen (secondary N) is 1. The van der Waals surface area contributed by atoms with Crippen LogP contribution in [0.25, 0.3) is 0 Å². The normalized spacial score (nSPS) is 13.8. The first kappa shape index (κ1) is 15.0. The highest BCUT2D eigenvalue weighted by Crippen LogP contribution is 2.19. The molecule has 1 aromatic heterocycles. The molecule has 0 aromatic carbocycles. The average Bonchev–Trinajstić information content (AvgIpc) is 2.75. The van der Waals surface area contributed by atoms with Crippen LogP contribution in [0.5, 0.6) is 0 Å². The van der Waals surface area contributed by atoms with Crippen LogP contribution in [-0.4, -0.2) is 31.6 Å². The van der Waals surface area contributed by atoms with E-state index in [0.717, 1.165) is 12.2 Å². The summed E-state index contributed by atoms with van der Waals surface area (Å²) >= 11 is 2.94. The molecular formula is C10H17NO3S3. The summed E-state index contributed by atoms with van der Waals surface area (Å²) in [6.07, 6.45) is 2.80. The summed E-state index contributed by atoms with van der Waals surface area (Å²) in [6.45, 7) is 1.73. The molecule has 0 saturated carbocycles. The van der Waals surface area contributed by atoms with Gasteiger partial charge in [0.15, 0.2) is 0 Å². The largest absolute Gasteiger partial charge is 0.391 e. The van der Waals surface area contributed by atoms with Crippen molar-refractivity contribution < 1.29 is 13.5 Å². The Bertz CT molecular complexity index is 441. The zero-order valence-corrected chi connectivity index (χ0v) is 12.3. The maximum atomic E-state index is 11.9. The number of sulfonamides is 1. The molecule has 7 heteroatoms. The average molecular weight is 295 g/mol. The smallest absolute Gasteiger partial charge is 0.241 e. The maximum Gasteiger partial charge on any atom is 0.241 e. The standard InChI is InChI=1S/C10H17NO3S3/c1-8(3-4-15-2)11-17(13,14)10-5-9(6-12)16-7-10/h5,7-8,11-12H,3-4,6H2,1-2H3. The van der Waals surface area contributed by atoms with Crippen LogP contribution in [0.2, 0.25) is 0 Å². The fourth-order valence-corrected chi connectivity index (χ4v) is 4.27. The van der Waals surface area contributed by atoms with E-state index in [1.807, 2.05) is 13.2 Å². The van der Waals surface area contributed by atoms with Crippen LogP contribution in [0.15, 0.2) is 16.3 Å². The quantitative estimate of drug-likeness (QED) is 0.803. The third-order valence-electron chi connectivity index (χ3n) is 2.21. The minimum Gasteiger partial charge on any atom is -0.391 e. The molecule has 1 unspecified atom stereocenters. The highest BCUT2D eigenvalue weighted by atomic mass is 32.2. The molecule has 0 aliphatic carbocycles. The molecular weight excluding hydrogens is 278 g/mol. The van der Waals surface area contributed by atoms with E-state index in [0.29, 0.717) is 4.88 Å². The van der Waals surface area contributed by atoms with Gasteiger partial charge in [-0.2, -0.15) is 11.8 Å². The second-order valence-electron chi connectivity index (χ2n) is 3.71. The van der Waals surface area contributed by atoms with Gasteiger partial charge in [-0.15, -0.1) is 11.3 Å². The van der Waals surface area contributed by atoms with E-state index in [1.54, 1.807) is 17.1 Å². The predicted molar refractivity (Wildman–Crippen MR) is 73.0 cm³/mol. The fraction of sp³-hybridized carbons (Fsp3) is 0.600. The maximum absolute atomic E-state index is 11.9. The number of thiophene rings is 1. The van der Waals surface area contributed by atoms with E-state index in [9.17, 15) is 8.42 Å². The minimum absolute atomic E-state index is 0.0788. The van der Waals surface area contributed by atoms with Crippen molar-refractivity contribution in [2.75, 3.05) is 12.0 Å². The lowest BCUT2D eigenvalue weighted by Crippen LogP contribution is -2.32. The number of aliphatic hydroxyl groups is 1. The van der Waals surface area contributed by atoms with E-state index in [2.05, 4.69) is 4.72 Å². The first-order valence-corrected chi connectivity index (χ1v) is 8.95. The first-order valence-electron chi connectivity index (χ1n) is 5.19. The van der Waals surface area contributed by atoms with Crippen LogP contribution in [0.4, 0.5) is 0 Å². The summed E-state index contributed by atoms with van der Waals surface area (Å²) in [4.78, 5) is 0.893. The van der Waals surface area contributed by atoms with E-state index in [-0.39, 0.29) is 17.5 Å². The lowest BCUT2D eigenvalue weighted by molar-refractivity contribution is 0.285. The molecule has 0 spiro atoms. The molecule has 1 atom stereocenters. The zero-order chi connectivity index (χ0) is 12.9. The number of aliphatic hydroxyl groups excluding tert-OH is 1. The van der Waals surface area contributed by atoms with Gasteiger partial charge < -0.3 is 5.11 Å². The Labute approximate surface area is 110 Å². The number of hydrogen-bond donors (Lipinski definition) is 2. The Kier molecular flexibility index (Phi) is 5.94. The molecule has 0 saturated heterocycles. The van der Waals surface area contributed by atoms with Crippen molar-refractivity contribution in [1.82, 2.24) is 4.72 Å². The molecule has 1 heterocycles. The molecule has 0 aliphatic heterocycles. The summed E-state index contributed by atoms with van der Waals surface area (Å²) in [7, 11) is -3.44. The van der Waals surface area contributed by atoms with E-state index >= 15 is 0 Å². The second-order valence-corrected chi connectivity index (χ2v) is 7.41. The van der Waals surface area contributed by atoms with Crippen LogP contribution >= 0.6 is 23.1 Å². The van der Waals surface area contributed by atoms with Crippen LogP contribution in [0.3, 0.4) is 0 Å². The van der Waals surface area contributed by atoms with Gasteiger partial charge in [0.25, 0.3) is 0 Å². The van der Waals surface area contributed by atoms with Gasteiger partial charge >= 0.3 is 0 Å². The Balaban J connectivity index is 2.68. The molecule has 0 bridgehead atoms. The fourth-order valence-electron chi connectivity index (χ4n) is 1.27. The van der Waals surface area contributed by atoms with Crippen molar-refractivity contribution in [2.24, 2.45) is 0 Å². The van der Waals surface area contributed by atoms with Gasteiger partial charge in [0.2, 0.25) is 10.0 Å². The topological polar surface area (TPSA) is 66.4 Å². The summed E-state index contributed by atoms with van der Waals surface area (Å²) < 4.78 is 26.5. The van der Waals surface area contributed by atoms with Gasteiger partial charge in [-0.1, -0.05) is 0 Å². The number of rotatable bonds is 7. The lowest BCUT2D eigenvalue weighted by Gasteiger charge is -2.12. The molecule has 17 heavy (non-hydrogen) atoms. The third-order valence-corrected chi connectivity index (χ3v) is 5.49. The van der Waals surface area contributed by atoms with Crippen LogP contribution < -0.4 is 4.72 Å². The highest BCUT2D eigenvalue weighted by Gasteiger charge is 2.18. The van der Waals surface area contributed by atoms with Crippen molar-refractivity contribution in [3.05, 3.63) is 16.3 Å². The molecule has 0 aliphatic rings. The van der Waals surface area contributed by atoms with Gasteiger partial charge in [0.1, 0.15) is 0 Å². The molecule has 1 rings (SSSR count). The number of hydrogen-bond acceptors (Lipinski definition) is 5. The Morgan fingerprint density at radius 3 is 2.82 bits per heavy atom.